The molecule has 0 aromatic heterocycles. The minimum atomic E-state index is 0.265. The Kier molecular flexibility index (Phi) is 4.91. The van der Waals surface area contributed by atoms with E-state index in [4.69, 9.17) is 23.2 Å². The van der Waals surface area contributed by atoms with Gasteiger partial charge >= 0.3 is 0 Å². The van der Waals surface area contributed by atoms with Crippen LogP contribution in [-0.4, -0.2) is 31.6 Å². The Labute approximate surface area is 119 Å². The molecule has 1 aliphatic heterocycles. The molecular weight excluding hydrogens is 267 g/mol. The van der Waals surface area contributed by atoms with E-state index in [2.05, 4.69) is 24.2 Å². The molecule has 1 saturated heterocycles. The zero-order chi connectivity index (χ0) is 13.1. The molecule has 1 aliphatic rings. The van der Waals surface area contributed by atoms with E-state index in [0.29, 0.717) is 5.02 Å². The molecule has 0 spiro atoms. The SMILES string of the molecule is CC(NCC1CCN(C)C1)c1ccc(Cl)cc1Cl. The summed E-state index contributed by atoms with van der Waals surface area (Å²) in [5.41, 5.74) is 1.12. The molecule has 1 fully saturated rings. The Morgan fingerprint density at radius 1 is 1.44 bits per heavy atom. The first-order chi connectivity index (χ1) is 8.56. The van der Waals surface area contributed by atoms with Crippen molar-refractivity contribution >= 4 is 23.2 Å². The third-order valence-corrected chi connectivity index (χ3v) is 4.19. The molecule has 2 rings (SSSR count). The molecule has 4 heteroatoms. The van der Waals surface area contributed by atoms with Gasteiger partial charge in [0.1, 0.15) is 0 Å². The van der Waals surface area contributed by atoms with Gasteiger partial charge in [-0.3, -0.25) is 0 Å². The van der Waals surface area contributed by atoms with Crippen LogP contribution in [0.15, 0.2) is 18.2 Å². The normalized spacial score (nSPS) is 22.3. The second-order valence-electron chi connectivity index (χ2n) is 5.21. The lowest BCUT2D eigenvalue weighted by Crippen LogP contribution is -2.27. The molecule has 1 heterocycles. The van der Waals surface area contributed by atoms with E-state index in [-0.39, 0.29) is 6.04 Å². The Hall–Kier alpha value is -0.280. The summed E-state index contributed by atoms with van der Waals surface area (Å²) in [7, 11) is 2.18. The van der Waals surface area contributed by atoms with E-state index >= 15 is 0 Å². The van der Waals surface area contributed by atoms with Gasteiger partial charge in [0.05, 0.1) is 0 Å². The van der Waals surface area contributed by atoms with E-state index < -0.39 is 0 Å². The van der Waals surface area contributed by atoms with Crippen molar-refractivity contribution in [1.29, 1.82) is 0 Å². The van der Waals surface area contributed by atoms with E-state index in [1.165, 1.54) is 19.5 Å². The van der Waals surface area contributed by atoms with Crippen molar-refractivity contribution in [3.05, 3.63) is 33.8 Å². The van der Waals surface area contributed by atoms with Gasteiger partial charge in [-0.2, -0.15) is 0 Å². The van der Waals surface area contributed by atoms with Crippen molar-refractivity contribution in [2.75, 3.05) is 26.7 Å². The molecule has 1 aromatic carbocycles. The maximum atomic E-state index is 6.21. The van der Waals surface area contributed by atoms with Crippen molar-refractivity contribution in [3.8, 4) is 0 Å². The quantitative estimate of drug-likeness (QED) is 0.910. The maximum Gasteiger partial charge on any atom is 0.0468 e. The predicted octanol–water partition coefficient (Wildman–Crippen LogP) is 3.60. The highest BCUT2D eigenvalue weighted by Gasteiger charge is 2.20. The lowest BCUT2D eigenvalue weighted by molar-refractivity contribution is 0.382. The molecular formula is C14H20Cl2N2. The van der Waals surface area contributed by atoms with Gasteiger partial charge in [0.25, 0.3) is 0 Å². The maximum absolute atomic E-state index is 6.21. The van der Waals surface area contributed by atoms with Crippen molar-refractivity contribution < 1.29 is 0 Å². The molecule has 18 heavy (non-hydrogen) atoms. The van der Waals surface area contributed by atoms with Crippen LogP contribution in [0.4, 0.5) is 0 Å². The summed E-state index contributed by atoms with van der Waals surface area (Å²) in [5, 5.41) is 5.00. The van der Waals surface area contributed by atoms with Gasteiger partial charge in [0.2, 0.25) is 0 Å². The summed E-state index contributed by atoms with van der Waals surface area (Å²) >= 11 is 12.1. The molecule has 2 nitrogen and oxygen atoms in total. The lowest BCUT2D eigenvalue weighted by atomic mass is 10.1. The molecule has 100 valence electrons. The summed E-state index contributed by atoms with van der Waals surface area (Å²) in [4.78, 5) is 2.38. The highest BCUT2D eigenvalue weighted by atomic mass is 35.5. The summed E-state index contributed by atoms with van der Waals surface area (Å²) < 4.78 is 0. The zero-order valence-electron chi connectivity index (χ0n) is 10.9. The zero-order valence-corrected chi connectivity index (χ0v) is 12.4. The number of benzene rings is 1. The number of hydrogen-bond acceptors (Lipinski definition) is 2. The van der Waals surface area contributed by atoms with Gasteiger partial charge in [-0.1, -0.05) is 29.3 Å². The molecule has 1 N–H and O–H groups in total. The van der Waals surface area contributed by atoms with Crippen LogP contribution < -0.4 is 5.32 Å². The molecule has 0 aliphatic carbocycles. The number of rotatable bonds is 4. The van der Waals surface area contributed by atoms with E-state index in [9.17, 15) is 0 Å². The van der Waals surface area contributed by atoms with E-state index in [1.54, 1.807) is 6.07 Å². The van der Waals surface area contributed by atoms with Crippen molar-refractivity contribution in [3.63, 3.8) is 0 Å². The molecule has 0 radical (unpaired) electrons. The first-order valence-corrected chi connectivity index (χ1v) is 7.18. The second-order valence-corrected chi connectivity index (χ2v) is 6.06. The van der Waals surface area contributed by atoms with Gasteiger partial charge in [-0.15, -0.1) is 0 Å². The third kappa shape index (κ3) is 3.61. The van der Waals surface area contributed by atoms with Crippen molar-refractivity contribution in [2.24, 2.45) is 5.92 Å². The largest absolute Gasteiger partial charge is 0.310 e. The number of halogens is 2. The summed E-state index contributed by atoms with van der Waals surface area (Å²) in [6.07, 6.45) is 1.28. The van der Waals surface area contributed by atoms with Gasteiger partial charge in [0, 0.05) is 22.6 Å². The van der Waals surface area contributed by atoms with Gasteiger partial charge < -0.3 is 10.2 Å². The van der Waals surface area contributed by atoms with Crippen molar-refractivity contribution in [1.82, 2.24) is 10.2 Å². The van der Waals surface area contributed by atoms with Gasteiger partial charge in [-0.25, -0.2) is 0 Å². The van der Waals surface area contributed by atoms with Gasteiger partial charge in [-0.05, 0) is 57.1 Å². The van der Waals surface area contributed by atoms with Crippen LogP contribution in [-0.2, 0) is 0 Å². The van der Waals surface area contributed by atoms with Crippen LogP contribution in [0.25, 0.3) is 0 Å². The van der Waals surface area contributed by atoms with Crippen molar-refractivity contribution in [2.45, 2.75) is 19.4 Å². The molecule has 1 aromatic rings. The predicted molar refractivity (Wildman–Crippen MR) is 78.5 cm³/mol. The fraction of sp³-hybridized carbons (Fsp3) is 0.571. The summed E-state index contributed by atoms with van der Waals surface area (Å²) in [5.74, 6) is 0.753. The van der Waals surface area contributed by atoms with Gasteiger partial charge in [0.15, 0.2) is 0 Å². The Bertz CT molecular complexity index is 409. The smallest absolute Gasteiger partial charge is 0.0468 e. The average molecular weight is 287 g/mol. The van der Waals surface area contributed by atoms with Crippen LogP contribution in [0.5, 0.6) is 0 Å². The van der Waals surface area contributed by atoms with E-state index in [0.717, 1.165) is 23.0 Å². The van der Waals surface area contributed by atoms with Crippen LogP contribution in [0, 0.1) is 5.92 Å². The molecule has 2 atom stereocenters. The van der Waals surface area contributed by atoms with Crippen LogP contribution in [0.1, 0.15) is 24.9 Å². The Morgan fingerprint density at radius 2 is 2.22 bits per heavy atom. The topological polar surface area (TPSA) is 15.3 Å². The Morgan fingerprint density at radius 3 is 2.83 bits per heavy atom. The molecule has 0 saturated carbocycles. The number of likely N-dealkylation sites (tertiary alicyclic amines) is 1. The van der Waals surface area contributed by atoms with E-state index in [1.807, 2.05) is 12.1 Å². The third-order valence-electron chi connectivity index (χ3n) is 3.63. The highest BCUT2D eigenvalue weighted by molar-refractivity contribution is 6.35. The standard InChI is InChI=1S/C14H20Cl2N2/c1-10(13-4-3-12(15)7-14(13)16)17-8-11-5-6-18(2)9-11/h3-4,7,10-11,17H,5-6,8-9H2,1-2H3. The summed E-state index contributed by atoms with van der Waals surface area (Å²) in [6, 6.07) is 5.97. The van der Waals surface area contributed by atoms with Crippen LogP contribution >= 0.6 is 23.2 Å². The van der Waals surface area contributed by atoms with Crippen LogP contribution in [0.3, 0.4) is 0 Å². The average Bonchev–Trinajstić information content (AvgIpc) is 2.72. The van der Waals surface area contributed by atoms with Crippen LogP contribution in [0.2, 0.25) is 10.0 Å². The first-order valence-electron chi connectivity index (χ1n) is 6.43. The molecule has 0 amide bonds. The number of nitrogens with one attached hydrogen (secondary N) is 1. The molecule has 2 unspecified atom stereocenters. The first kappa shape index (κ1) is 14.1. The minimum Gasteiger partial charge on any atom is -0.310 e. The minimum absolute atomic E-state index is 0.265. The molecule has 0 bridgehead atoms. The fourth-order valence-electron chi connectivity index (χ4n) is 2.50. The summed E-state index contributed by atoms with van der Waals surface area (Å²) in [6.45, 7) is 5.59. The number of nitrogens with zero attached hydrogens (tertiary/aromatic N) is 1. The lowest BCUT2D eigenvalue weighted by Gasteiger charge is -2.18. The Balaban J connectivity index is 1.89. The second kappa shape index (κ2) is 6.25. The number of hydrogen-bond donors (Lipinski definition) is 1. The fourth-order valence-corrected chi connectivity index (χ4v) is 3.07. The highest BCUT2D eigenvalue weighted by Crippen LogP contribution is 2.26. The monoisotopic (exact) mass is 286 g/mol.